The van der Waals surface area contributed by atoms with Crippen molar-refractivity contribution in [3.05, 3.63) is 228 Å². The molecule has 16 nitrogen and oxygen atoms in total. The number of likely N-dealkylation sites (tertiary alicyclic amines) is 2. The van der Waals surface area contributed by atoms with Crippen molar-refractivity contribution in [2.75, 3.05) is 38.1 Å². The lowest BCUT2D eigenvalue weighted by atomic mass is 9.70. The molecular formula is C79H78N4O12. The second-order valence-electron chi connectivity index (χ2n) is 25.9. The molecule has 8 amide bonds. The topological polar surface area (TPSA) is 186 Å². The van der Waals surface area contributed by atoms with Crippen LogP contribution < -0.4 is 28.7 Å². The number of imide groups is 4. The first-order chi connectivity index (χ1) is 45.5. The van der Waals surface area contributed by atoms with Gasteiger partial charge in [0, 0.05) is 19.5 Å². The van der Waals surface area contributed by atoms with Crippen molar-refractivity contribution < 1.29 is 57.3 Å². The lowest BCUT2D eigenvalue weighted by Crippen LogP contribution is -2.35. The van der Waals surface area contributed by atoms with Crippen molar-refractivity contribution in [3.8, 4) is 45.6 Å². The highest BCUT2D eigenvalue weighted by Crippen LogP contribution is 2.50. The number of hydrogen-bond donors (Lipinski definition) is 0. The Morgan fingerprint density at radius 2 is 0.505 bits per heavy atom. The zero-order valence-electron chi connectivity index (χ0n) is 55.1. The zero-order valence-corrected chi connectivity index (χ0v) is 55.1. The summed E-state index contributed by atoms with van der Waals surface area (Å²) in [7, 11) is 6.01. The molecule has 4 aliphatic heterocycles. The number of anilines is 2. The van der Waals surface area contributed by atoms with E-state index in [0.29, 0.717) is 22.9 Å². The predicted molar refractivity (Wildman–Crippen MR) is 362 cm³/mol. The molecule has 6 fully saturated rings. The average molecular weight is 1280 g/mol. The number of carbonyl (C=O) groups is 8. The molecule has 95 heavy (non-hydrogen) atoms. The maximum atomic E-state index is 12.8. The second kappa shape index (κ2) is 27.6. The van der Waals surface area contributed by atoms with Crippen molar-refractivity contribution in [2.45, 2.75) is 72.6 Å². The van der Waals surface area contributed by atoms with E-state index in [2.05, 4.69) is 139 Å². The van der Waals surface area contributed by atoms with Crippen LogP contribution in [0.2, 0.25) is 0 Å². The summed E-state index contributed by atoms with van der Waals surface area (Å²) < 4.78 is 22.0. The Kier molecular flexibility index (Phi) is 19.2. The number of amides is 8. The number of rotatable bonds is 11. The molecule has 486 valence electrons. The Bertz CT molecular complexity index is 3950. The Labute approximate surface area is 554 Å². The van der Waals surface area contributed by atoms with Gasteiger partial charge in [-0.3, -0.25) is 58.0 Å². The molecule has 8 aromatic carbocycles. The molecule has 2 aliphatic carbocycles. The number of hydrogen-bond acceptors (Lipinski definition) is 12. The van der Waals surface area contributed by atoms with Crippen molar-refractivity contribution in [1.82, 2.24) is 9.80 Å². The average Bonchev–Trinajstić information content (AvgIpc) is 1.57. The first-order valence-corrected chi connectivity index (χ1v) is 32.0. The van der Waals surface area contributed by atoms with Crippen LogP contribution in [0.15, 0.2) is 194 Å². The summed E-state index contributed by atoms with van der Waals surface area (Å²) in [6.07, 6.45) is 1.06. The van der Waals surface area contributed by atoms with E-state index in [1.54, 1.807) is 62.8 Å². The van der Waals surface area contributed by atoms with Crippen LogP contribution in [0.5, 0.6) is 34.5 Å². The van der Waals surface area contributed by atoms with Crippen LogP contribution in [0.4, 0.5) is 11.4 Å². The summed E-state index contributed by atoms with van der Waals surface area (Å²) >= 11 is 0. The number of benzene rings is 8. The summed E-state index contributed by atoms with van der Waals surface area (Å²) in [5.41, 5.74) is 11.0. The van der Waals surface area contributed by atoms with Gasteiger partial charge >= 0.3 is 0 Å². The third kappa shape index (κ3) is 13.7. The quantitative estimate of drug-likeness (QED) is 0.112. The highest BCUT2D eigenvalue weighted by Gasteiger charge is 2.61. The molecule has 0 spiro atoms. The minimum absolute atomic E-state index is 0.0317. The van der Waals surface area contributed by atoms with Crippen molar-refractivity contribution in [3.63, 3.8) is 0 Å². The van der Waals surface area contributed by atoms with E-state index < -0.39 is 47.3 Å². The minimum Gasteiger partial charge on any atom is -0.497 e. The summed E-state index contributed by atoms with van der Waals surface area (Å²) in [4.78, 5) is 105. The minimum atomic E-state index is -0.529. The van der Waals surface area contributed by atoms with Crippen LogP contribution in [0, 0.1) is 75.0 Å². The standard InChI is InChI=1S/C23H24O.C20H18O.2C18H18N2O5/c1-17-5-9-19(10-6-17)23(3,4)20-11-15-22(16-12-20)24-21-13-7-18(2)8-14-21;1-15-3-7-17(8-4-15)18-9-13-20(14-10-18)21-19-11-5-16(2)6-12-19;2*1-19-15(21)11-7-13-14(8-12(11)16(19)22)18(24)20(17(13)23)9-3-5-10(25-2)6-4-9/h5-16H,1-4H3;3-14H,1-2H3;2*3-6,11-14H,7-8H2,1-2H3. The number of aryl methyl sites for hydroxylation is 4. The van der Waals surface area contributed by atoms with Crippen LogP contribution in [0.25, 0.3) is 11.1 Å². The van der Waals surface area contributed by atoms with Crippen LogP contribution in [-0.2, 0) is 43.8 Å². The monoisotopic (exact) mass is 1270 g/mol. The van der Waals surface area contributed by atoms with E-state index in [1.807, 2.05) is 48.5 Å². The molecule has 6 aliphatic rings. The summed E-state index contributed by atoms with van der Waals surface area (Å²) in [5, 5.41) is 0. The SMILES string of the molecule is COc1ccc(N2C(=O)C3CC4C(=O)N(C)C(=O)C4CC3C2=O)cc1.COc1ccc(N2C(=O)C3CC4C(=O)N(C)C(=O)C4CC3C2=O)cc1.Cc1ccc(Oc2ccc(-c3ccc(C)cc3)cc2)cc1.Cc1ccc(Oc2ccc(C(C)(C)c3ccc(C)cc3)cc2)cc1. The van der Waals surface area contributed by atoms with Gasteiger partial charge in [0.1, 0.15) is 34.5 Å². The lowest BCUT2D eigenvalue weighted by Gasteiger charge is -2.28. The Morgan fingerprint density at radius 1 is 0.295 bits per heavy atom. The second-order valence-corrected chi connectivity index (χ2v) is 25.9. The van der Waals surface area contributed by atoms with Crippen LogP contribution in [0.1, 0.15) is 72.9 Å². The van der Waals surface area contributed by atoms with Gasteiger partial charge in [0.2, 0.25) is 47.3 Å². The molecule has 8 atom stereocenters. The molecule has 8 aromatic rings. The highest BCUT2D eigenvalue weighted by molar-refractivity contribution is 6.23. The van der Waals surface area contributed by atoms with Crippen molar-refractivity contribution in [1.29, 1.82) is 0 Å². The van der Waals surface area contributed by atoms with Gasteiger partial charge in [-0.1, -0.05) is 133 Å². The van der Waals surface area contributed by atoms with Gasteiger partial charge in [-0.05, 0) is 173 Å². The normalized spacial score (nSPS) is 21.7. The van der Waals surface area contributed by atoms with Crippen molar-refractivity contribution in [2.24, 2.45) is 47.3 Å². The van der Waals surface area contributed by atoms with Gasteiger partial charge in [-0.15, -0.1) is 0 Å². The summed E-state index contributed by atoms with van der Waals surface area (Å²) in [6.45, 7) is 12.9. The van der Waals surface area contributed by atoms with E-state index in [1.165, 1.54) is 68.4 Å². The molecule has 0 aromatic heterocycles. The van der Waals surface area contributed by atoms with E-state index in [9.17, 15) is 38.4 Å². The molecule has 8 unspecified atom stereocenters. The van der Waals surface area contributed by atoms with Crippen LogP contribution in [0.3, 0.4) is 0 Å². The fourth-order valence-electron chi connectivity index (χ4n) is 13.7. The molecule has 0 N–H and O–H groups in total. The van der Waals surface area contributed by atoms with Crippen molar-refractivity contribution >= 4 is 58.6 Å². The number of nitrogens with zero attached hydrogens (tertiary/aromatic N) is 4. The summed E-state index contributed by atoms with van der Waals surface area (Å²) in [6, 6.07) is 63.5. The van der Waals surface area contributed by atoms with E-state index in [0.717, 1.165) is 32.8 Å². The number of ether oxygens (including phenoxy) is 4. The molecule has 14 rings (SSSR count). The molecule has 4 saturated heterocycles. The fraction of sp³-hybridized carbons (Fsp3) is 0.291. The van der Waals surface area contributed by atoms with E-state index >= 15 is 0 Å². The zero-order chi connectivity index (χ0) is 67.6. The number of methoxy groups -OCH3 is 2. The Hall–Kier alpha value is -10.5. The first-order valence-electron chi connectivity index (χ1n) is 32.0. The number of fused-ring (bicyclic) bond motifs is 4. The lowest BCUT2D eigenvalue weighted by molar-refractivity contribution is -0.139. The molecule has 2 saturated carbocycles. The van der Waals surface area contributed by atoms with Gasteiger partial charge in [0.15, 0.2) is 0 Å². The van der Waals surface area contributed by atoms with Crippen LogP contribution in [-0.4, -0.2) is 85.4 Å². The molecular weight excluding hydrogens is 1200 g/mol. The molecule has 0 radical (unpaired) electrons. The third-order valence-electron chi connectivity index (χ3n) is 19.5. The number of carbonyl (C=O) groups excluding carboxylic acids is 8. The summed E-state index contributed by atoms with van der Waals surface area (Å²) in [5.74, 6) is -1.41. The fourth-order valence-corrected chi connectivity index (χ4v) is 13.7. The first kappa shape index (κ1) is 66.0. The van der Waals surface area contributed by atoms with Gasteiger partial charge in [0.25, 0.3) is 0 Å². The maximum absolute atomic E-state index is 12.8. The predicted octanol–water partition coefficient (Wildman–Crippen LogP) is 13.8. The van der Waals surface area contributed by atoms with Gasteiger partial charge in [-0.2, -0.15) is 0 Å². The maximum Gasteiger partial charge on any atom is 0.237 e. The molecule has 16 heteroatoms. The Morgan fingerprint density at radius 3 is 0.789 bits per heavy atom. The van der Waals surface area contributed by atoms with Gasteiger partial charge in [0.05, 0.1) is 72.9 Å². The smallest absolute Gasteiger partial charge is 0.237 e. The van der Waals surface area contributed by atoms with E-state index in [4.69, 9.17) is 18.9 Å². The van der Waals surface area contributed by atoms with Gasteiger partial charge in [-0.25, -0.2) is 0 Å². The molecule has 4 heterocycles. The largest absolute Gasteiger partial charge is 0.497 e. The highest BCUT2D eigenvalue weighted by atomic mass is 16.5. The van der Waals surface area contributed by atoms with Gasteiger partial charge < -0.3 is 18.9 Å². The third-order valence-corrected chi connectivity index (χ3v) is 19.5. The molecule has 0 bridgehead atoms. The Balaban J connectivity index is 0.000000129. The van der Waals surface area contributed by atoms with E-state index in [-0.39, 0.29) is 78.4 Å². The van der Waals surface area contributed by atoms with Crippen LogP contribution >= 0.6 is 0 Å².